The quantitative estimate of drug-likeness (QED) is 0.891. The second-order valence-corrected chi connectivity index (χ2v) is 3.89. The van der Waals surface area contributed by atoms with Gasteiger partial charge in [0.15, 0.2) is 0 Å². The lowest BCUT2D eigenvalue weighted by Gasteiger charge is -2.06. The average Bonchev–Trinajstić information content (AvgIpc) is 2.17. The molecule has 0 aliphatic rings. The fraction of sp³-hybridized carbons (Fsp3) is 0.300. The SMILES string of the molecule is Cl.NCCC(=O)NCc1ccc(Cl)cc1Cl. The summed E-state index contributed by atoms with van der Waals surface area (Å²) in [5.74, 6) is -0.0801. The van der Waals surface area contributed by atoms with E-state index in [1.54, 1.807) is 18.2 Å². The monoisotopic (exact) mass is 282 g/mol. The van der Waals surface area contributed by atoms with Crippen LogP contribution in [-0.4, -0.2) is 12.5 Å². The number of carbonyl (C=O) groups is 1. The Kier molecular flexibility index (Phi) is 7.51. The maximum absolute atomic E-state index is 11.1. The topological polar surface area (TPSA) is 55.1 Å². The first-order valence-electron chi connectivity index (χ1n) is 4.54. The summed E-state index contributed by atoms with van der Waals surface area (Å²) in [6.45, 7) is 0.745. The summed E-state index contributed by atoms with van der Waals surface area (Å²) >= 11 is 11.7. The normalized spacial score (nSPS) is 9.44. The van der Waals surface area contributed by atoms with E-state index < -0.39 is 0 Å². The molecule has 90 valence electrons. The van der Waals surface area contributed by atoms with E-state index in [9.17, 15) is 4.79 Å². The number of hydrogen-bond acceptors (Lipinski definition) is 2. The summed E-state index contributed by atoms with van der Waals surface area (Å²) in [6, 6.07) is 5.17. The molecule has 0 aliphatic carbocycles. The highest BCUT2D eigenvalue weighted by Gasteiger charge is 2.03. The molecule has 3 nitrogen and oxygen atoms in total. The summed E-state index contributed by atoms with van der Waals surface area (Å²) in [5.41, 5.74) is 6.08. The third kappa shape index (κ3) is 5.03. The van der Waals surface area contributed by atoms with Crippen molar-refractivity contribution < 1.29 is 4.79 Å². The maximum atomic E-state index is 11.1. The van der Waals surface area contributed by atoms with Gasteiger partial charge in [-0.1, -0.05) is 29.3 Å². The van der Waals surface area contributed by atoms with Gasteiger partial charge in [-0.05, 0) is 17.7 Å². The van der Waals surface area contributed by atoms with Gasteiger partial charge in [-0.15, -0.1) is 12.4 Å². The highest BCUT2D eigenvalue weighted by atomic mass is 35.5. The lowest BCUT2D eigenvalue weighted by atomic mass is 10.2. The largest absolute Gasteiger partial charge is 0.352 e. The van der Waals surface area contributed by atoms with E-state index in [1.807, 2.05) is 0 Å². The minimum atomic E-state index is -0.0801. The third-order valence-corrected chi connectivity index (χ3v) is 2.45. The van der Waals surface area contributed by atoms with Crippen LogP contribution in [0, 0.1) is 0 Å². The van der Waals surface area contributed by atoms with E-state index in [2.05, 4.69) is 5.32 Å². The number of nitrogens with one attached hydrogen (secondary N) is 1. The molecule has 3 N–H and O–H groups in total. The number of amides is 1. The van der Waals surface area contributed by atoms with Crippen LogP contribution in [-0.2, 0) is 11.3 Å². The molecular weight excluding hydrogens is 270 g/mol. The van der Waals surface area contributed by atoms with Crippen LogP contribution in [0.1, 0.15) is 12.0 Å². The predicted octanol–water partition coefficient (Wildman–Crippen LogP) is 2.38. The van der Waals surface area contributed by atoms with Crippen molar-refractivity contribution in [3.63, 3.8) is 0 Å². The predicted molar refractivity (Wildman–Crippen MR) is 69.2 cm³/mol. The number of halogens is 3. The molecule has 1 rings (SSSR count). The van der Waals surface area contributed by atoms with Crippen molar-refractivity contribution in [2.45, 2.75) is 13.0 Å². The molecule has 0 aliphatic heterocycles. The Bertz CT molecular complexity index is 358. The Morgan fingerprint density at radius 1 is 1.38 bits per heavy atom. The van der Waals surface area contributed by atoms with E-state index in [4.69, 9.17) is 28.9 Å². The van der Waals surface area contributed by atoms with Crippen LogP contribution >= 0.6 is 35.6 Å². The second kappa shape index (κ2) is 7.74. The third-order valence-electron chi connectivity index (χ3n) is 1.86. The minimum absolute atomic E-state index is 0. The average molecular weight is 284 g/mol. The number of carbonyl (C=O) groups excluding carboxylic acids is 1. The fourth-order valence-corrected chi connectivity index (χ4v) is 1.55. The van der Waals surface area contributed by atoms with Crippen LogP contribution in [0.4, 0.5) is 0 Å². The molecule has 0 fully saturated rings. The van der Waals surface area contributed by atoms with Crippen LogP contribution in [0.15, 0.2) is 18.2 Å². The molecule has 0 atom stereocenters. The molecule has 1 amide bonds. The Morgan fingerprint density at radius 2 is 2.06 bits per heavy atom. The fourth-order valence-electron chi connectivity index (χ4n) is 1.08. The van der Waals surface area contributed by atoms with Crippen molar-refractivity contribution in [2.75, 3.05) is 6.54 Å². The first kappa shape index (κ1) is 15.5. The second-order valence-electron chi connectivity index (χ2n) is 3.05. The van der Waals surface area contributed by atoms with Gasteiger partial charge < -0.3 is 11.1 Å². The number of rotatable bonds is 4. The summed E-state index contributed by atoms with van der Waals surface area (Å²) in [6.07, 6.45) is 0.325. The molecular formula is C10H13Cl3N2O. The highest BCUT2D eigenvalue weighted by Crippen LogP contribution is 2.20. The Hall–Kier alpha value is -0.480. The van der Waals surface area contributed by atoms with E-state index in [-0.39, 0.29) is 18.3 Å². The molecule has 0 heterocycles. The number of hydrogen-bond donors (Lipinski definition) is 2. The van der Waals surface area contributed by atoms with Crippen molar-refractivity contribution in [1.82, 2.24) is 5.32 Å². The van der Waals surface area contributed by atoms with Crippen molar-refractivity contribution in [3.8, 4) is 0 Å². The van der Waals surface area contributed by atoms with Gasteiger partial charge in [0.25, 0.3) is 0 Å². The van der Waals surface area contributed by atoms with Crippen molar-refractivity contribution in [3.05, 3.63) is 33.8 Å². The Balaban J connectivity index is 0.00000225. The summed E-state index contributed by atoms with van der Waals surface area (Å²) in [4.78, 5) is 11.1. The summed E-state index contributed by atoms with van der Waals surface area (Å²) < 4.78 is 0. The molecule has 6 heteroatoms. The Labute approximate surface area is 111 Å². The molecule has 16 heavy (non-hydrogen) atoms. The first-order valence-corrected chi connectivity index (χ1v) is 5.29. The van der Waals surface area contributed by atoms with Crippen molar-refractivity contribution >= 4 is 41.5 Å². The molecule has 1 aromatic carbocycles. The van der Waals surface area contributed by atoms with Gasteiger partial charge in [0.05, 0.1) is 0 Å². The Morgan fingerprint density at radius 3 is 2.62 bits per heavy atom. The van der Waals surface area contributed by atoms with E-state index >= 15 is 0 Å². The van der Waals surface area contributed by atoms with Crippen LogP contribution in [0.5, 0.6) is 0 Å². The molecule has 1 aromatic rings. The number of nitrogens with two attached hydrogens (primary N) is 1. The number of benzene rings is 1. The van der Waals surface area contributed by atoms with Crippen LogP contribution in [0.25, 0.3) is 0 Å². The zero-order chi connectivity index (χ0) is 11.3. The van der Waals surface area contributed by atoms with Crippen LogP contribution in [0.2, 0.25) is 10.0 Å². The van der Waals surface area contributed by atoms with Gasteiger partial charge in [0.1, 0.15) is 0 Å². The zero-order valence-corrected chi connectivity index (χ0v) is 10.8. The van der Waals surface area contributed by atoms with Gasteiger partial charge in [0, 0.05) is 29.6 Å². The van der Waals surface area contributed by atoms with E-state index in [0.29, 0.717) is 29.6 Å². The molecule has 0 spiro atoms. The first-order chi connectivity index (χ1) is 7.13. The van der Waals surface area contributed by atoms with Gasteiger partial charge in [-0.3, -0.25) is 4.79 Å². The summed E-state index contributed by atoms with van der Waals surface area (Å²) in [5, 5.41) is 3.85. The van der Waals surface area contributed by atoms with Crippen molar-refractivity contribution in [1.29, 1.82) is 0 Å². The molecule has 0 unspecified atom stereocenters. The molecule has 0 bridgehead atoms. The smallest absolute Gasteiger partial charge is 0.221 e. The van der Waals surface area contributed by atoms with Crippen LogP contribution < -0.4 is 11.1 Å². The van der Waals surface area contributed by atoms with Gasteiger partial charge in [-0.2, -0.15) is 0 Å². The van der Waals surface area contributed by atoms with Gasteiger partial charge in [0.2, 0.25) is 5.91 Å². The molecule has 0 radical (unpaired) electrons. The zero-order valence-electron chi connectivity index (χ0n) is 8.50. The van der Waals surface area contributed by atoms with Crippen LogP contribution in [0.3, 0.4) is 0 Å². The molecule has 0 saturated carbocycles. The van der Waals surface area contributed by atoms with E-state index in [1.165, 1.54) is 0 Å². The lowest BCUT2D eigenvalue weighted by molar-refractivity contribution is -0.121. The van der Waals surface area contributed by atoms with Crippen molar-refractivity contribution in [2.24, 2.45) is 5.73 Å². The standard InChI is InChI=1S/C10H12Cl2N2O.ClH/c11-8-2-1-7(9(12)5-8)6-14-10(15)3-4-13;/h1-2,5H,3-4,6,13H2,(H,14,15);1H. The molecule has 0 aromatic heterocycles. The molecule has 0 saturated heterocycles. The minimum Gasteiger partial charge on any atom is -0.352 e. The van der Waals surface area contributed by atoms with E-state index in [0.717, 1.165) is 5.56 Å². The van der Waals surface area contributed by atoms with Gasteiger partial charge >= 0.3 is 0 Å². The lowest BCUT2D eigenvalue weighted by Crippen LogP contribution is -2.25. The summed E-state index contributed by atoms with van der Waals surface area (Å²) in [7, 11) is 0. The van der Waals surface area contributed by atoms with Gasteiger partial charge in [-0.25, -0.2) is 0 Å². The highest BCUT2D eigenvalue weighted by molar-refractivity contribution is 6.35. The maximum Gasteiger partial charge on any atom is 0.221 e.